The summed E-state index contributed by atoms with van der Waals surface area (Å²) in [6, 6.07) is -1.32. The average molecular weight is 519 g/mol. The molecular formula is C26H46N8O3. The molecule has 4 atom stereocenters. The highest BCUT2D eigenvalue weighted by molar-refractivity contribution is 5.90. The van der Waals surface area contributed by atoms with E-state index >= 15 is 0 Å². The molecule has 0 spiro atoms. The normalized spacial score (nSPS) is 27.2. The SMILES string of the molecule is CNC(=O)[C@@H]1C[C@@H](O)CN1C(=O)[C@@H](n1cc(CCN2CNC(C3CCCCCCC3)N2)nn1)C(C)(C)C. The minimum absolute atomic E-state index is 0.140. The molecule has 2 saturated heterocycles. The second kappa shape index (κ2) is 12.2. The quantitative estimate of drug-likeness (QED) is 0.424. The molecule has 11 heteroatoms. The van der Waals surface area contributed by atoms with Crippen LogP contribution in [0.2, 0.25) is 0 Å². The predicted octanol–water partition coefficient (Wildman–Crippen LogP) is 1.17. The van der Waals surface area contributed by atoms with E-state index in [2.05, 4.69) is 31.4 Å². The molecule has 2 aliphatic heterocycles. The smallest absolute Gasteiger partial charge is 0.248 e. The summed E-state index contributed by atoms with van der Waals surface area (Å²) in [4.78, 5) is 27.6. The van der Waals surface area contributed by atoms with E-state index in [9.17, 15) is 14.7 Å². The molecule has 1 aromatic heterocycles. The number of rotatable bonds is 7. The number of amides is 2. The van der Waals surface area contributed by atoms with Crippen molar-refractivity contribution in [1.29, 1.82) is 0 Å². The first kappa shape index (κ1) is 27.9. The van der Waals surface area contributed by atoms with E-state index < -0.39 is 23.6 Å². The van der Waals surface area contributed by atoms with E-state index in [1.165, 1.54) is 49.8 Å². The fourth-order valence-electron chi connectivity index (χ4n) is 6.05. The number of β-amino-alcohol motifs (C(OH)–C–C–N with tert-alkyl or cyclic N) is 1. The molecule has 4 N–H and O–H groups in total. The Labute approximate surface area is 220 Å². The molecule has 1 aliphatic carbocycles. The van der Waals surface area contributed by atoms with Gasteiger partial charge >= 0.3 is 0 Å². The number of aliphatic hydroxyl groups is 1. The van der Waals surface area contributed by atoms with E-state index in [0.29, 0.717) is 18.5 Å². The number of hydrazine groups is 1. The van der Waals surface area contributed by atoms with Crippen LogP contribution in [0.5, 0.6) is 0 Å². The maximum Gasteiger partial charge on any atom is 0.248 e. The predicted molar refractivity (Wildman–Crippen MR) is 140 cm³/mol. The molecule has 3 aliphatic rings. The van der Waals surface area contributed by atoms with Crippen LogP contribution in [-0.4, -0.2) is 86.9 Å². The van der Waals surface area contributed by atoms with Crippen LogP contribution in [0.4, 0.5) is 0 Å². The van der Waals surface area contributed by atoms with E-state index in [-0.39, 0.29) is 24.8 Å². The largest absolute Gasteiger partial charge is 0.391 e. The molecule has 11 nitrogen and oxygen atoms in total. The first-order chi connectivity index (χ1) is 17.7. The van der Waals surface area contributed by atoms with Crippen molar-refractivity contribution in [2.75, 3.05) is 26.8 Å². The Morgan fingerprint density at radius 2 is 1.89 bits per heavy atom. The van der Waals surface area contributed by atoms with Crippen molar-refractivity contribution in [3.05, 3.63) is 11.9 Å². The summed E-state index contributed by atoms with van der Waals surface area (Å²) in [6.07, 6.45) is 11.7. The fourth-order valence-corrected chi connectivity index (χ4v) is 6.05. The van der Waals surface area contributed by atoms with Gasteiger partial charge in [0.25, 0.3) is 0 Å². The molecule has 3 fully saturated rings. The Balaban J connectivity index is 1.37. The van der Waals surface area contributed by atoms with Gasteiger partial charge in [0, 0.05) is 39.2 Å². The highest BCUT2D eigenvalue weighted by Crippen LogP contribution is 2.34. The van der Waals surface area contributed by atoms with Crippen molar-refractivity contribution < 1.29 is 14.7 Å². The lowest BCUT2D eigenvalue weighted by Gasteiger charge is -2.34. The van der Waals surface area contributed by atoms with Gasteiger partial charge in [-0.15, -0.1) is 5.10 Å². The van der Waals surface area contributed by atoms with Crippen molar-refractivity contribution in [2.24, 2.45) is 11.3 Å². The number of hydrogen-bond acceptors (Lipinski definition) is 8. The first-order valence-corrected chi connectivity index (χ1v) is 14.0. The van der Waals surface area contributed by atoms with Gasteiger partial charge in [-0.1, -0.05) is 58.1 Å². The Kier molecular flexibility index (Phi) is 9.20. The molecule has 0 bridgehead atoms. The molecule has 0 aromatic carbocycles. The molecular weight excluding hydrogens is 472 g/mol. The number of nitrogens with one attached hydrogen (secondary N) is 3. The topological polar surface area (TPSA) is 128 Å². The Morgan fingerprint density at radius 3 is 2.57 bits per heavy atom. The standard InChI is InChI=1S/C26H46N8O3/c1-26(2,3)22(25(37)33-16-20(35)14-21(33)24(36)27-4)34-15-19(29-31-34)12-13-32-17-28-23(30-32)18-10-8-6-5-7-9-11-18/h15,18,20-23,28,30,35H,5-14,16-17H2,1-4H3,(H,27,36)/t20-,21+,22-,23?/m1/s1. The van der Waals surface area contributed by atoms with Gasteiger partial charge in [-0.05, 0) is 24.2 Å². The summed E-state index contributed by atoms with van der Waals surface area (Å²) in [5.74, 6) is 0.190. The van der Waals surface area contributed by atoms with Crippen molar-refractivity contribution in [1.82, 2.24) is 41.0 Å². The highest BCUT2D eigenvalue weighted by atomic mass is 16.3. The number of likely N-dealkylation sites (tertiary alicyclic amines) is 1. The second-order valence-corrected chi connectivity index (χ2v) is 12.1. The molecule has 1 unspecified atom stereocenters. The van der Waals surface area contributed by atoms with Crippen LogP contribution in [0.15, 0.2) is 6.20 Å². The maximum atomic E-state index is 13.7. The van der Waals surface area contributed by atoms with Crippen LogP contribution >= 0.6 is 0 Å². The number of carbonyl (C=O) groups excluding carboxylic acids is 2. The summed E-state index contributed by atoms with van der Waals surface area (Å²) in [7, 11) is 1.55. The van der Waals surface area contributed by atoms with Gasteiger partial charge in [-0.2, -0.15) is 0 Å². The Hall–Kier alpha value is -2.08. The van der Waals surface area contributed by atoms with E-state index in [4.69, 9.17) is 0 Å². The third kappa shape index (κ3) is 6.87. The second-order valence-electron chi connectivity index (χ2n) is 12.1. The van der Waals surface area contributed by atoms with Crippen LogP contribution in [0.1, 0.15) is 83.9 Å². The number of nitrogens with zero attached hydrogens (tertiary/aromatic N) is 5. The van der Waals surface area contributed by atoms with Gasteiger partial charge in [0.05, 0.1) is 24.6 Å². The number of carbonyl (C=O) groups is 2. The summed E-state index contributed by atoms with van der Waals surface area (Å²) in [5.41, 5.74) is 4.02. The van der Waals surface area contributed by atoms with Gasteiger partial charge < -0.3 is 15.3 Å². The van der Waals surface area contributed by atoms with Crippen LogP contribution < -0.4 is 16.1 Å². The van der Waals surface area contributed by atoms with E-state index in [1.807, 2.05) is 27.0 Å². The lowest BCUT2D eigenvalue weighted by molar-refractivity contribution is -0.144. The third-order valence-electron chi connectivity index (χ3n) is 8.07. The van der Waals surface area contributed by atoms with Gasteiger partial charge in [-0.3, -0.25) is 14.9 Å². The van der Waals surface area contributed by atoms with Crippen molar-refractivity contribution >= 4 is 11.8 Å². The minimum atomic E-state index is -0.717. The lowest BCUT2D eigenvalue weighted by Crippen LogP contribution is -2.49. The zero-order valence-electron chi connectivity index (χ0n) is 22.9. The van der Waals surface area contributed by atoms with E-state index in [1.54, 1.807) is 11.7 Å². The zero-order chi connectivity index (χ0) is 26.6. The number of likely N-dealkylation sites (N-methyl/N-ethyl adjacent to an activating group) is 1. The maximum absolute atomic E-state index is 13.7. The summed E-state index contributed by atoms with van der Waals surface area (Å²) in [5, 5.41) is 27.4. The molecule has 0 radical (unpaired) electrons. The molecule has 1 saturated carbocycles. The average Bonchev–Trinajstić information content (AvgIpc) is 3.56. The minimum Gasteiger partial charge on any atom is -0.391 e. The number of aliphatic hydroxyl groups excluding tert-OH is 1. The molecule has 1 aromatic rings. The van der Waals surface area contributed by atoms with Gasteiger partial charge in [0.2, 0.25) is 11.8 Å². The van der Waals surface area contributed by atoms with Gasteiger partial charge in [0.1, 0.15) is 12.1 Å². The fraction of sp³-hybridized carbons (Fsp3) is 0.846. The highest BCUT2D eigenvalue weighted by Gasteiger charge is 2.45. The third-order valence-corrected chi connectivity index (χ3v) is 8.07. The molecule has 37 heavy (non-hydrogen) atoms. The van der Waals surface area contributed by atoms with E-state index in [0.717, 1.165) is 18.9 Å². The van der Waals surface area contributed by atoms with Crippen LogP contribution in [0, 0.1) is 11.3 Å². The zero-order valence-corrected chi connectivity index (χ0v) is 22.9. The number of aromatic nitrogens is 3. The molecule has 208 valence electrons. The van der Waals surface area contributed by atoms with Gasteiger partial charge in [0.15, 0.2) is 0 Å². The first-order valence-electron chi connectivity index (χ1n) is 14.0. The number of hydrogen-bond donors (Lipinski definition) is 4. The van der Waals surface area contributed by atoms with Crippen LogP contribution in [-0.2, 0) is 16.0 Å². The van der Waals surface area contributed by atoms with Crippen molar-refractivity contribution in [3.63, 3.8) is 0 Å². The summed E-state index contributed by atoms with van der Waals surface area (Å²) >= 11 is 0. The van der Waals surface area contributed by atoms with Crippen LogP contribution in [0.3, 0.4) is 0 Å². The monoisotopic (exact) mass is 518 g/mol. The van der Waals surface area contributed by atoms with Gasteiger partial charge in [-0.25, -0.2) is 15.1 Å². The molecule has 4 rings (SSSR count). The molecule has 3 heterocycles. The van der Waals surface area contributed by atoms with Crippen molar-refractivity contribution in [3.8, 4) is 0 Å². The summed E-state index contributed by atoms with van der Waals surface area (Å²) < 4.78 is 1.64. The Bertz CT molecular complexity index is 908. The lowest BCUT2D eigenvalue weighted by atomic mass is 9.85. The summed E-state index contributed by atoms with van der Waals surface area (Å²) in [6.45, 7) is 7.67. The van der Waals surface area contributed by atoms with Crippen LogP contribution in [0.25, 0.3) is 0 Å². The van der Waals surface area contributed by atoms with Crippen molar-refractivity contribution in [2.45, 2.75) is 103 Å². The molecule has 2 amide bonds. The Morgan fingerprint density at radius 1 is 1.19 bits per heavy atom.